The Morgan fingerprint density at radius 2 is 2.10 bits per heavy atom. The van der Waals surface area contributed by atoms with E-state index in [1.54, 1.807) is 31.3 Å². The molecule has 0 saturated carbocycles. The van der Waals surface area contributed by atoms with Gasteiger partial charge in [-0.1, -0.05) is 13.0 Å². The number of likely N-dealkylation sites (N-methyl/N-ethyl adjacent to an activating group) is 1. The predicted molar refractivity (Wildman–Crippen MR) is 76.8 cm³/mol. The first kappa shape index (κ1) is 14.5. The number of hydrogen-bond acceptors (Lipinski definition) is 3. The van der Waals surface area contributed by atoms with Gasteiger partial charge in [-0.15, -0.1) is 0 Å². The van der Waals surface area contributed by atoms with Gasteiger partial charge in [0.2, 0.25) is 15.9 Å². The maximum atomic E-state index is 12.4. The lowest BCUT2D eigenvalue weighted by molar-refractivity contribution is -0.122. The molecule has 0 saturated heterocycles. The monoisotopic (exact) mass is 295 g/mol. The number of carbonyl (C=O) groups excluding carboxylic acids is 1. The quantitative estimate of drug-likeness (QED) is 0.767. The molecule has 108 valence electrons. The van der Waals surface area contributed by atoms with Crippen LogP contribution in [0.25, 0.3) is 10.9 Å². The van der Waals surface area contributed by atoms with Crippen molar-refractivity contribution < 1.29 is 13.2 Å². The summed E-state index contributed by atoms with van der Waals surface area (Å²) in [7, 11) is -2.28. The number of hydrogen-bond donors (Lipinski definition) is 3. The second-order valence-electron chi connectivity index (χ2n) is 4.39. The summed E-state index contributed by atoms with van der Waals surface area (Å²) in [5.41, 5.74) is 0.737. The largest absolute Gasteiger partial charge is 0.361 e. The second-order valence-corrected chi connectivity index (χ2v) is 6.07. The normalized spacial score (nSPS) is 13.3. The van der Waals surface area contributed by atoms with Crippen LogP contribution in [0.5, 0.6) is 0 Å². The summed E-state index contributed by atoms with van der Waals surface area (Å²) in [6.07, 6.45) is 2.06. The zero-order chi connectivity index (χ0) is 14.8. The lowest BCUT2D eigenvalue weighted by Gasteiger charge is -2.16. The first-order valence-electron chi connectivity index (χ1n) is 6.29. The first-order chi connectivity index (χ1) is 9.49. The van der Waals surface area contributed by atoms with E-state index in [0.29, 0.717) is 11.8 Å². The van der Waals surface area contributed by atoms with Crippen LogP contribution in [0.15, 0.2) is 35.4 Å². The molecule has 1 atom stereocenters. The van der Waals surface area contributed by atoms with E-state index in [0.717, 1.165) is 5.52 Å². The zero-order valence-corrected chi connectivity index (χ0v) is 12.1. The van der Waals surface area contributed by atoms with Crippen molar-refractivity contribution in [1.29, 1.82) is 0 Å². The average molecular weight is 295 g/mol. The lowest BCUT2D eigenvalue weighted by atomic mass is 10.2. The molecule has 1 aromatic heterocycles. The molecule has 2 rings (SSSR count). The van der Waals surface area contributed by atoms with E-state index in [9.17, 15) is 13.2 Å². The second kappa shape index (κ2) is 5.64. The fourth-order valence-electron chi connectivity index (χ4n) is 2.04. The molecule has 0 fully saturated rings. The van der Waals surface area contributed by atoms with Gasteiger partial charge in [0.15, 0.2) is 0 Å². The van der Waals surface area contributed by atoms with Crippen LogP contribution in [0.2, 0.25) is 0 Å². The van der Waals surface area contributed by atoms with Gasteiger partial charge in [-0.2, -0.15) is 4.72 Å². The standard InChI is InChI=1S/C13H17N3O3S/c1-3-10(13(17)14-2)16-20(18,19)12-6-4-5-11-9(12)7-8-15-11/h4-8,10,15-16H,3H2,1-2H3,(H,14,17). The summed E-state index contributed by atoms with van der Waals surface area (Å²) < 4.78 is 27.3. The topological polar surface area (TPSA) is 91.1 Å². The van der Waals surface area contributed by atoms with Crippen LogP contribution >= 0.6 is 0 Å². The molecule has 1 heterocycles. The third kappa shape index (κ3) is 2.68. The van der Waals surface area contributed by atoms with E-state index in [4.69, 9.17) is 0 Å². The summed E-state index contributed by atoms with van der Waals surface area (Å²) in [4.78, 5) is 14.7. The molecule has 0 bridgehead atoms. The van der Waals surface area contributed by atoms with Crippen molar-refractivity contribution in [2.45, 2.75) is 24.3 Å². The van der Waals surface area contributed by atoms with Crippen molar-refractivity contribution >= 4 is 26.8 Å². The molecule has 1 aromatic carbocycles. The van der Waals surface area contributed by atoms with Crippen LogP contribution in [0, 0.1) is 0 Å². The molecule has 7 heteroatoms. The summed E-state index contributed by atoms with van der Waals surface area (Å²) in [6, 6.07) is 5.90. The smallest absolute Gasteiger partial charge is 0.241 e. The molecule has 20 heavy (non-hydrogen) atoms. The van der Waals surface area contributed by atoms with Crippen molar-refractivity contribution in [3.05, 3.63) is 30.5 Å². The molecule has 0 aliphatic rings. The fraction of sp³-hybridized carbons (Fsp3) is 0.308. The van der Waals surface area contributed by atoms with Crippen LogP contribution < -0.4 is 10.0 Å². The van der Waals surface area contributed by atoms with Crippen LogP contribution in [-0.2, 0) is 14.8 Å². The first-order valence-corrected chi connectivity index (χ1v) is 7.78. The summed E-state index contributed by atoms with van der Waals surface area (Å²) in [5, 5.41) is 3.05. The third-order valence-corrected chi connectivity index (χ3v) is 4.64. The molecule has 6 nitrogen and oxygen atoms in total. The number of aromatic amines is 1. The number of sulfonamides is 1. The summed E-state index contributed by atoms with van der Waals surface area (Å²) in [5.74, 6) is -0.350. The molecule has 0 radical (unpaired) electrons. The molecular formula is C13H17N3O3S. The highest BCUT2D eigenvalue weighted by atomic mass is 32.2. The lowest BCUT2D eigenvalue weighted by Crippen LogP contribution is -2.45. The Kier molecular flexibility index (Phi) is 4.10. The Hall–Kier alpha value is -1.86. The highest BCUT2D eigenvalue weighted by Gasteiger charge is 2.25. The van der Waals surface area contributed by atoms with Crippen molar-refractivity contribution in [2.75, 3.05) is 7.05 Å². The van der Waals surface area contributed by atoms with Gasteiger partial charge < -0.3 is 10.3 Å². The number of amides is 1. The molecule has 0 aliphatic carbocycles. The average Bonchev–Trinajstić information content (AvgIpc) is 2.91. The van der Waals surface area contributed by atoms with E-state index in [2.05, 4.69) is 15.0 Å². The van der Waals surface area contributed by atoms with Gasteiger partial charge in [0, 0.05) is 24.1 Å². The third-order valence-electron chi connectivity index (χ3n) is 3.11. The maximum absolute atomic E-state index is 12.4. The minimum absolute atomic E-state index is 0.165. The van der Waals surface area contributed by atoms with Crippen LogP contribution in [0.1, 0.15) is 13.3 Å². The van der Waals surface area contributed by atoms with Gasteiger partial charge in [0.25, 0.3) is 0 Å². The van der Waals surface area contributed by atoms with Crippen molar-refractivity contribution in [1.82, 2.24) is 15.0 Å². The van der Waals surface area contributed by atoms with E-state index >= 15 is 0 Å². The highest BCUT2D eigenvalue weighted by molar-refractivity contribution is 7.89. The number of H-pyrrole nitrogens is 1. The van der Waals surface area contributed by atoms with Crippen molar-refractivity contribution in [3.63, 3.8) is 0 Å². The van der Waals surface area contributed by atoms with Crippen LogP contribution in [0.3, 0.4) is 0 Å². The number of benzene rings is 1. The van der Waals surface area contributed by atoms with Crippen molar-refractivity contribution in [2.24, 2.45) is 0 Å². The molecule has 1 unspecified atom stereocenters. The van der Waals surface area contributed by atoms with Gasteiger partial charge in [-0.3, -0.25) is 4.79 Å². The number of fused-ring (bicyclic) bond motifs is 1. The van der Waals surface area contributed by atoms with E-state index in [1.165, 1.54) is 13.1 Å². The summed E-state index contributed by atoms with van der Waals surface area (Å²) in [6.45, 7) is 1.75. The van der Waals surface area contributed by atoms with E-state index in [1.807, 2.05) is 0 Å². The number of carbonyl (C=O) groups is 1. The van der Waals surface area contributed by atoms with Crippen LogP contribution in [-0.4, -0.2) is 32.4 Å². The predicted octanol–water partition coefficient (Wildman–Crippen LogP) is 0.971. The number of rotatable bonds is 5. The molecule has 1 amide bonds. The summed E-state index contributed by atoms with van der Waals surface area (Å²) >= 11 is 0. The number of aromatic nitrogens is 1. The van der Waals surface area contributed by atoms with Crippen molar-refractivity contribution in [3.8, 4) is 0 Å². The fourth-order valence-corrected chi connectivity index (χ4v) is 3.54. The van der Waals surface area contributed by atoms with E-state index in [-0.39, 0.29) is 10.8 Å². The van der Waals surface area contributed by atoms with Gasteiger partial charge in [0.05, 0.1) is 4.90 Å². The van der Waals surface area contributed by atoms with Gasteiger partial charge in [-0.05, 0) is 24.6 Å². The molecule has 3 N–H and O–H groups in total. The SMILES string of the molecule is CCC(NS(=O)(=O)c1cccc2[nH]ccc12)C(=O)NC. The molecular weight excluding hydrogens is 278 g/mol. The minimum atomic E-state index is -3.75. The minimum Gasteiger partial charge on any atom is -0.361 e. The van der Waals surface area contributed by atoms with Gasteiger partial charge >= 0.3 is 0 Å². The number of nitrogens with one attached hydrogen (secondary N) is 3. The Balaban J connectivity index is 2.40. The Morgan fingerprint density at radius 3 is 2.75 bits per heavy atom. The molecule has 0 aliphatic heterocycles. The zero-order valence-electron chi connectivity index (χ0n) is 11.3. The van der Waals surface area contributed by atoms with Crippen LogP contribution in [0.4, 0.5) is 0 Å². The highest BCUT2D eigenvalue weighted by Crippen LogP contribution is 2.22. The Bertz CT molecular complexity index is 721. The Morgan fingerprint density at radius 1 is 1.35 bits per heavy atom. The van der Waals surface area contributed by atoms with Gasteiger partial charge in [0.1, 0.15) is 6.04 Å². The van der Waals surface area contributed by atoms with Gasteiger partial charge in [-0.25, -0.2) is 8.42 Å². The van der Waals surface area contributed by atoms with E-state index < -0.39 is 16.1 Å². The molecule has 2 aromatic rings. The Labute approximate surface area is 117 Å². The molecule has 0 spiro atoms. The maximum Gasteiger partial charge on any atom is 0.241 e.